The van der Waals surface area contributed by atoms with Gasteiger partial charge in [-0.1, -0.05) is 66.7 Å². The summed E-state index contributed by atoms with van der Waals surface area (Å²) >= 11 is 0. The summed E-state index contributed by atoms with van der Waals surface area (Å²) in [7, 11) is -1.49. The molecule has 4 aromatic carbocycles. The van der Waals surface area contributed by atoms with Crippen molar-refractivity contribution in [2.45, 2.75) is 0 Å². The van der Waals surface area contributed by atoms with Gasteiger partial charge in [-0.15, -0.1) is 0 Å². The molecule has 0 spiro atoms. The molecule has 0 amide bonds. The second-order valence-corrected chi connectivity index (χ2v) is 6.50. The molecule has 26 heavy (non-hydrogen) atoms. The van der Waals surface area contributed by atoms with Crippen molar-refractivity contribution < 1.29 is 10.0 Å². The fourth-order valence-corrected chi connectivity index (χ4v) is 3.81. The van der Waals surface area contributed by atoms with Gasteiger partial charge in [-0.2, -0.15) is 0 Å². The molecule has 0 bridgehead atoms. The molecule has 0 aliphatic carbocycles. The number of nitrogens with zero attached hydrogens (tertiary/aromatic N) is 1. The topological polar surface area (TPSA) is 45.4 Å². The van der Waals surface area contributed by atoms with Crippen LogP contribution in [0.25, 0.3) is 38.3 Å². The fraction of sp³-hybridized carbons (Fsp3) is 0. The van der Waals surface area contributed by atoms with Crippen molar-refractivity contribution in [3.63, 3.8) is 0 Å². The minimum atomic E-state index is -1.49. The molecule has 0 fully saturated rings. The van der Waals surface area contributed by atoms with E-state index in [1.54, 1.807) is 6.07 Å². The van der Waals surface area contributed by atoms with Crippen molar-refractivity contribution in [2.75, 3.05) is 0 Å². The smallest absolute Gasteiger partial charge is 0.423 e. The Morgan fingerprint density at radius 3 is 2.15 bits per heavy atom. The van der Waals surface area contributed by atoms with Crippen LogP contribution in [-0.2, 0) is 0 Å². The fourth-order valence-electron chi connectivity index (χ4n) is 3.81. The summed E-state index contributed by atoms with van der Waals surface area (Å²) in [6.45, 7) is 0. The summed E-state index contributed by atoms with van der Waals surface area (Å²) in [6.07, 6.45) is 0. The van der Waals surface area contributed by atoms with Gasteiger partial charge in [0.25, 0.3) is 0 Å². The van der Waals surface area contributed by atoms with E-state index in [9.17, 15) is 10.0 Å². The lowest BCUT2D eigenvalue weighted by atomic mass is 9.80. The van der Waals surface area contributed by atoms with Crippen LogP contribution >= 0.6 is 0 Å². The predicted molar refractivity (Wildman–Crippen MR) is 108 cm³/mol. The van der Waals surface area contributed by atoms with Crippen LogP contribution in [0.3, 0.4) is 0 Å². The van der Waals surface area contributed by atoms with Crippen LogP contribution in [0.1, 0.15) is 0 Å². The van der Waals surface area contributed by atoms with Crippen LogP contribution in [0.5, 0.6) is 0 Å². The van der Waals surface area contributed by atoms with Gasteiger partial charge < -0.3 is 14.6 Å². The maximum Gasteiger partial charge on any atom is 0.488 e. The standard InChI is InChI=1S/C22H16BNO2/c25-23(26)16-12-13-19-18-9-3-4-10-21(18)24(22(19)14-16)20-11-5-7-15-6-1-2-8-17(15)20/h1-14,25-26H. The lowest BCUT2D eigenvalue weighted by molar-refractivity contribution is 0.426. The molecule has 2 N–H and O–H groups in total. The zero-order chi connectivity index (χ0) is 17.7. The van der Waals surface area contributed by atoms with E-state index < -0.39 is 7.12 Å². The molecule has 0 radical (unpaired) electrons. The van der Waals surface area contributed by atoms with E-state index >= 15 is 0 Å². The van der Waals surface area contributed by atoms with E-state index in [0.29, 0.717) is 5.46 Å². The first-order valence-electron chi connectivity index (χ1n) is 8.61. The molecule has 5 aromatic rings. The summed E-state index contributed by atoms with van der Waals surface area (Å²) < 4.78 is 2.21. The first kappa shape index (κ1) is 15.2. The average molecular weight is 337 g/mol. The number of aromatic nitrogens is 1. The van der Waals surface area contributed by atoms with Crippen LogP contribution in [0.15, 0.2) is 84.9 Å². The van der Waals surface area contributed by atoms with E-state index in [-0.39, 0.29) is 0 Å². The molecule has 4 heteroatoms. The summed E-state index contributed by atoms with van der Waals surface area (Å²) in [5, 5.41) is 23.9. The summed E-state index contributed by atoms with van der Waals surface area (Å²) in [4.78, 5) is 0. The van der Waals surface area contributed by atoms with Gasteiger partial charge in [0.15, 0.2) is 0 Å². The molecule has 1 aromatic heterocycles. The summed E-state index contributed by atoms with van der Waals surface area (Å²) in [6, 6.07) is 28.5. The summed E-state index contributed by atoms with van der Waals surface area (Å²) in [5.74, 6) is 0. The molecule has 0 atom stereocenters. The summed E-state index contributed by atoms with van der Waals surface area (Å²) in [5.41, 5.74) is 3.64. The van der Waals surface area contributed by atoms with Crippen LogP contribution < -0.4 is 5.46 Å². The first-order valence-corrected chi connectivity index (χ1v) is 8.61. The van der Waals surface area contributed by atoms with Crippen LogP contribution in [0, 0.1) is 0 Å². The zero-order valence-electron chi connectivity index (χ0n) is 14.0. The van der Waals surface area contributed by atoms with E-state index in [1.807, 2.05) is 36.4 Å². The Labute approximate surface area is 150 Å². The van der Waals surface area contributed by atoms with Crippen molar-refractivity contribution >= 4 is 45.2 Å². The molecule has 5 rings (SSSR count). The third kappa shape index (κ3) is 2.17. The Morgan fingerprint density at radius 2 is 1.31 bits per heavy atom. The molecule has 0 aliphatic rings. The largest absolute Gasteiger partial charge is 0.488 e. The van der Waals surface area contributed by atoms with Gasteiger partial charge in [-0.3, -0.25) is 0 Å². The SMILES string of the molecule is OB(O)c1ccc2c3ccccc3n(-c3cccc4ccccc34)c2c1. The average Bonchev–Trinajstić information content (AvgIpc) is 3.01. The Kier molecular flexibility index (Phi) is 3.35. The molecular weight excluding hydrogens is 321 g/mol. The Bertz CT molecular complexity index is 1270. The number of fused-ring (bicyclic) bond motifs is 4. The third-order valence-electron chi connectivity index (χ3n) is 5.00. The number of hydrogen-bond donors (Lipinski definition) is 2. The van der Waals surface area contributed by atoms with Crippen molar-refractivity contribution in [1.82, 2.24) is 4.57 Å². The van der Waals surface area contributed by atoms with E-state index in [2.05, 4.69) is 47.0 Å². The Morgan fingerprint density at radius 1 is 0.615 bits per heavy atom. The van der Waals surface area contributed by atoms with Gasteiger partial charge in [-0.05, 0) is 29.0 Å². The second-order valence-electron chi connectivity index (χ2n) is 6.50. The Hall–Kier alpha value is -3.08. The highest BCUT2D eigenvalue weighted by molar-refractivity contribution is 6.59. The minimum absolute atomic E-state index is 0.488. The second kappa shape index (κ2) is 5.73. The zero-order valence-corrected chi connectivity index (χ0v) is 14.0. The molecule has 0 saturated heterocycles. The first-order chi connectivity index (χ1) is 12.7. The van der Waals surface area contributed by atoms with E-state index in [0.717, 1.165) is 32.9 Å². The van der Waals surface area contributed by atoms with Crippen LogP contribution in [0.2, 0.25) is 0 Å². The number of para-hydroxylation sites is 1. The van der Waals surface area contributed by atoms with Gasteiger partial charge in [0.05, 0.1) is 16.7 Å². The Balaban J connectivity index is 1.98. The van der Waals surface area contributed by atoms with Crippen molar-refractivity contribution in [1.29, 1.82) is 0 Å². The number of benzene rings is 4. The van der Waals surface area contributed by atoms with Gasteiger partial charge in [0.2, 0.25) is 0 Å². The molecule has 3 nitrogen and oxygen atoms in total. The molecule has 1 heterocycles. The minimum Gasteiger partial charge on any atom is -0.423 e. The third-order valence-corrected chi connectivity index (χ3v) is 5.00. The highest BCUT2D eigenvalue weighted by Crippen LogP contribution is 2.34. The van der Waals surface area contributed by atoms with Gasteiger partial charge in [0, 0.05) is 16.2 Å². The molecule has 0 saturated carbocycles. The molecule has 124 valence electrons. The van der Waals surface area contributed by atoms with E-state index in [1.165, 1.54) is 5.39 Å². The van der Waals surface area contributed by atoms with Crippen LogP contribution in [-0.4, -0.2) is 21.7 Å². The number of rotatable bonds is 2. The quantitative estimate of drug-likeness (QED) is 0.483. The van der Waals surface area contributed by atoms with Crippen LogP contribution in [0.4, 0.5) is 0 Å². The monoisotopic (exact) mass is 337 g/mol. The highest BCUT2D eigenvalue weighted by atomic mass is 16.4. The maximum atomic E-state index is 9.64. The van der Waals surface area contributed by atoms with Gasteiger partial charge in [-0.25, -0.2) is 0 Å². The lowest BCUT2D eigenvalue weighted by Crippen LogP contribution is -2.29. The van der Waals surface area contributed by atoms with Gasteiger partial charge in [0.1, 0.15) is 0 Å². The van der Waals surface area contributed by atoms with Crippen molar-refractivity contribution in [3.05, 3.63) is 84.9 Å². The molecule has 0 aliphatic heterocycles. The number of hydrogen-bond acceptors (Lipinski definition) is 2. The predicted octanol–water partition coefficient (Wildman–Crippen LogP) is 3.62. The van der Waals surface area contributed by atoms with Crippen molar-refractivity contribution in [2.24, 2.45) is 0 Å². The van der Waals surface area contributed by atoms with Crippen molar-refractivity contribution in [3.8, 4) is 5.69 Å². The molecule has 0 unspecified atom stereocenters. The lowest BCUT2D eigenvalue weighted by Gasteiger charge is -2.12. The molecular formula is C22H16BNO2. The normalized spacial score (nSPS) is 11.5. The van der Waals surface area contributed by atoms with E-state index in [4.69, 9.17) is 0 Å². The highest BCUT2D eigenvalue weighted by Gasteiger charge is 2.17. The van der Waals surface area contributed by atoms with Gasteiger partial charge >= 0.3 is 7.12 Å². The maximum absolute atomic E-state index is 9.64.